The molecule has 0 aliphatic heterocycles. The Bertz CT molecular complexity index is 1230. The molecule has 9 heteroatoms. The molecule has 0 aromatic heterocycles. The van der Waals surface area contributed by atoms with Gasteiger partial charge < -0.3 is 5.11 Å². The Hall–Kier alpha value is -3.56. The summed E-state index contributed by atoms with van der Waals surface area (Å²) in [6.45, 7) is 1.50. The van der Waals surface area contributed by atoms with Crippen LogP contribution in [-0.4, -0.2) is 25.4 Å². The fourth-order valence-corrected chi connectivity index (χ4v) is 3.65. The van der Waals surface area contributed by atoms with E-state index in [1.807, 2.05) is 16.3 Å². The maximum atomic E-state index is 14.5. The van der Waals surface area contributed by atoms with Crippen molar-refractivity contribution in [2.75, 3.05) is 0 Å². The van der Waals surface area contributed by atoms with Gasteiger partial charge in [-0.25, -0.2) is 17.6 Å². The number of hydrogen-bond donors (Lipinski definition) is 3. The van der Waals surface area contributed by atoms with Gasteiger partial charge in [-0.1, -0.05) is 36.4 Å². The third-order valence-corrected chi connectivity index (χ3v) is 5.54. The topological polar surface area (TPSA) is 113 Å². The van der Waals surface area contributed by atoms with Gasteiger partial charge in [-0.2, -0.15) is 0 Å². The van der Waals surface area contributed by atoms with Crippen LogP contribution in [0.2, 0.25) is 0 Å². The molecule has 0 saturated heterocycles. The third-order valence-electron chi connectivity index (χ3n) is 4.30. The first-order chi connectivity index (χ1) is 14.2. The number of aryl methyl sites for hydroxylation is 1. The fourth-order valence-electron chi connectivity index (χ4n) is 2.77. The van der Waals surface area contributed by atoms with Crippen molar-refractivity contribution in [3.8, 4) is 11.1 Å². The zero-order valence-corrected chi connectivity index (χ0v) is 16.5. The van der Waals surface area contributed by atoms with E-state index in [0.717, 1.165) is 11.6 Å². The minimum absolute atomic E-state index is 0.221. The zero-order chi connectivity index (χ0) is 21.9. The second-order valence-electron chi connectivity index (χ2n) is 6.41. The van der Waals surface area contributed by atoms with Crippen LogP contribution in [0.4, 0.5) is 4.39 Å². The Balaban J connectivity index is 1.85. The van der Waals surface area contributed by atoms with E-state index in [9.17, 15) is 22.4 Å². The van der Waals surface area contributed by atoms with Crippen LogP contribution >= 0.6 is 0 Å². The lowest BCUT2D eigenvalue weighted by Gasteiger charge is -2.12. The number of carbonyl (C=O) groups excluding carboxylic acids is 1. The lowest BCUT2D eigenvalue weighted by Crippen LogP contribution is -2.42. The number of carboxylic acid groups (broad SMARTS) is 1. The number of rotatable bonds is 6. The van der Waals surface area contributed by atoms with E-state index in [0.29, 0.717) is 5.56 Å². The van der Waals surface area contributed by atoms with Crippen molar-refractivity contribution < 1.29 is 27.5 Å². The van der Waals surface area contributed by atoms with Gasteiger partial charge >= 0.3 is 5.97 Å². The first-order valence-corrected chi connectivity index (χ1v) is 10.2. The Morgan fingerprint density at radius 1 is 0.933 bits per heavy atom. The van der Waals surface area contributed by atoms with E-state index in [1.54, 1.807) is 30.3 Å². The zero-order valence-electron chi connectivity index (χ0n) is 15.7. The lowest BCUT2D eigenvalue weighted by atomic mass is 9.99. The summed E-state index contributed by atoms with van der Waals surface area (Å²) in [6, 6.07) is 16.5. The monoisotopic (exact) mass is 428 g/mol. The summed E-state index contributed by atoms with van der Waals surface area (Å²) in [6.07, 6.45) is 0. The summed E-state index contributed by atoms with van der Waals surface area (Å²) >= 11 is 0. The summed E-state index contributed by atoms with van der Waals surface area (Å²) < 4.78 is 39.3. The maximum absolute atomic E-state index is 14.5. The van der Waals surface area contributed by atoms with Crippen LogP contribution in [0, 0.1) is 12.7 Å². The number of hydrogen-bond acceptors (Lipinski definition) is 4. The Labute approximate surface area is 172 Å². The molecule has 1 amide bonds. The highest BCUT2D eigenvalue weighted by molar-refractivity contribution is 7.89. The molecular formula is C21H17FN2O5S. The molecule has 3 aromatic rings. The van der Waals surface area contributed by atoms with Crippen molar-refractivity contribution >= 4 is 21.9 Å². The molecule has 7 nitrogen and oxygen atoms in total. The first kappa shape index (κ1) is 21.2. The quantitative estimate of drug-likeness (QED) is 0.522. The van der Waals surface area contributed by atoms with Crippen LogP contribution < -0.4 is 10.3 Å². The van der Waals surface area contributed by atoms with Crippen molar-refractivity contribution in [3.05, 3.63) is 89.2 Å². The van der Waals surface area contributed by atoms with Gasteiger partial charge in [0, 0.05) is 0 Å². The van der Waals surface area contributed by atoms with Crippen molar-refractivity contribution in [2.45, 2.75) is 11.8 Å². The second kappa shape index (κ2) is 8.44. The van der Waals surface area contributed by atoms with Crippen molar-refractivity contribution in [3.63, 3.8) is 0 Å². The van der Waals surface area contributed by atoms with E-state index in [1.165, 1.54) is 31.2 Å². The smallest absolute Gasteiger partial charge is 0.335 e. The van der Waals surface area contributed by atoms with Crippen LogP contribution in [0.25, 0.3) is 11.1 Å². The maximum Gasteiger partial charge on any atom is 0.335 e. The predicted molar refractivity (Wildman–Crippen MR) is 108 cm³/mol. The van der Waals surface area contributed by atoms with Crippen LogP contribution in [0.5, 0.6) is 0 Å². The van der Waals surface area contributed by atoms with Crippen molar-refractivity contribution in [1.82, 2.24) is 10.3 Å². The molecule has 0 spiro atoms. The van der Waals surface area contributed by atoms with Crippen LogP contribution in [0.15, 0.2) is 71.6 Å². The molecule has 3 aromatic carbocycles. The highest BCUT2D eigenvalue weighted by atomic mass is 32.2. The predicted octanol–water partition coefficient (Wildman–Crippen LogP) is 3.12. The van der Waals surface area contributed by atoms with Crippen LogP contribution in [-0.2, 0) is 10.0 Å². The number of hydrazine groups is 1. The van der Waals surface area contributed by atoms with Gasteiger partial charge in [0.05, 0.1) is 16.0 Å². The van der Waals surface area contributed by atoms with Gasteiger partial charge in [-0.15, -0.1) is 4.83 Å². The SMILES string of the molecule is Cc1cc(-c2ccccc2)cc(C(=O)NNS(=O)(=O)c2cccc(C(=O)O)c2)c1F. The number of sulfonamides is 1. The molecular weight excluding hydrogens is 411 g/mol. The number of aromatic carboxylic acids is 1. The molecule has 0 atom stereocenters. The molecule has 0 aliphatic rings. The molecule has 0 unspecified atom stereocenters. The van der Waals surface area contributed by atoms with Crippen LogP contribution in [0.1, 0.15) is 26.3 Å². The summed E-state index contributed by atoms with van der Waals surface area (Å²) in [7, 11) is -4.27. The fraction of sp³-hybridized carbons (Fsp3) is 0.0476. The number of amides is 1. The Morgan fingerprint density at radius 3 is 2.30 bits per heavy atom. The summed E-state index contributed by atoms with van der Waals surface area (Å²) in [4.78, 5) is 25.0. The standard InChI is InChI=1S/C21H17FN2O5S/c1-13-10-16(14-6-3-2-4-7-14)12-18(19(13)22)20(25)23-24-30(28,29)17-9-5-8-15(11-17)21(26)27/h2-12,24H,1H3,(H,23,25)(H,26,27). The molecule has 154 valence electrons. The summed E-state index contributed by atoms with van der Waals surface area (Å²) in [5, 5.41) is 8.99. The highest BCUT2D eigenvalue weighted by Gasteiger charge is 2.20. The van der Waals surface area contributed by atoms with Gasteiger partial charge in [0.25, 0.3) is 15.9 Å². The summed E-state index contributed by atoms with van der Waals surface area (Å²) in [5.74, 6) is -3.07. The van der Waals surface area contributed by atoms with Gasteiger partial charge in [-0.05, 0) is 53.9 Å². The van der Waals surface area contributed by atoms with Gasteiger partial charge in [0.15, 0.2) is 0 Å². The van der Waals surface area contributed by atoms with Gasteiger partial charge in [-0.3, -0.25) is 10.2 Å². The van der Waals surface area contributed by atoms with Gasteiger partial charge in [0.2, 0.25) is 0 Å². The molecule has 0 fully saturated rings. The van der Waals surface area contributed by atoms with E-state index in [-0.39, 0.29) is 21.6 Å². The van der Waals surface area contributed by atoms with E-state index < -0.39 is 27.7 Å². The molecule has 0 bridgehead atoms. The van der Waals surface area contributed by atoms with E-state index in [2.05, 4.69) is 0 Å². The number of halogens is 1. The van der Waals surface area contributed by atoms with E-state index >= 15 is 0 Å². The van der Waals surface area contributed by atoms with Crippen LogP contribution in [0.3, 0.4) is 0 Å². The number of benzene rings is 3. The average Bonchev–Trinajstić information content (AvgIpc) is 2.74. The molecule has 0 heterocycles. The molecule has 0 saturated carbocycles. The Morgan fingerprint density at radius 2 is 1.63 bits per heavy atom. The summed E-state index contributed by atoms with van der Waals surface area (Å²) in [5.41, 5.74) is 2.98. The lowest BCUT2D eigenvalue weighted by molar-refractivity contribution is 0.0696. The van der Waals surface area contributed by atoms with E-state index in [4.69, 9.17) is 5.11 Å². The Kier molecular flexibility index (Phi) is 5.95. The van der Waals surface area contributed by atoms with Gasteiger partial charge in [0.1, 0.15) is 5.82 Å². The molecule has 0 aliphatic carbocycles. The third kappa shape index (κ3) is 4.53. The highest BCUT2D eigenvalue weighted by Crippen LogP contribution is 2.24. The minimum atomic E-state index is -4.27. The molecule has 0 radical (unpaired) electrons. The molecule has 3 rings (SSSR count). The normalized spacial score (nSPS) is 11.1. The largest absolute Gasteiger partial charge is 0.478 e. The van der Waals surface area contributed by atoms with Crippen molar-refractivity contribution in [2.24, 2.45) is 0 Å². The number of carboxylic acids is 1. The molecule has 3 N–H and O–H groups in total. The average molecular weight is 428 g/mol. The number of carbonyl (C=O) groups is 2. The van der Waals surface area contributed by atoms with Crippen molar-refractivity contribution in [1.29, 1.82) is 0 Å². The minimum Gasteiger partial charge on any atom is -0.478 e. The first-order valence-electron chi connectivity index (χ1n) is 8.70. The second-order valence-corrected chi connectivity index (χ2v) is 8.10. The number of nitrogens with one attached hydrogen (secondary N) is 2. The molecule has 30 heavy (non-hydrogen) atoms.